The Morgan fingerprint density at radius 3 is 2.44 bits per heavy atom. The number of carbonyl (C=O) groups is 1. The lowest BCUT2D eigenvalue weighted by molar-refractivity contribution is 0.222. The first-order valence-corrected chi connectivity index (χ1v) is 9.30. The Kier molecular flexibility index (Phi) is 5.96. The number of likely N-dealkylation sites (tertiary alicyclic amines) is 1. The van der Waals surface area contributed by atoms with Crippen LogP contribution in [0.25, 0.3) is 0 Å². The highest BCUT2D eigenvalue weighted by Gasteiger charge is 2.17. The summed E-state index contributed by atoms with van der Waals surface area (Å²) in [4.78, 5) is 18.5. The third-order valence-electron chi connectivity index (χ3n) is 4.50. The van der Waals surface area contributed by atoms with Crippen molar-refractivity contribution in [3.63, 3.8) is 0 Å². The van der Waals surface area contributed by atoms with Gasteiger partial charge in [0.25, 0.3) is 0 Å². The van der Waals surface area contributed by atoms with E-state index in [9.17, 15) is 4.79 Å². The van der Waals surface area contributed by atoms with Gasteiger partial charge in [-0.1, -0.05) is 18.2 Å². The van der Waals surface area contributed by atoms with Gasteiger partial charge in [-0.3, -0.25) is 0 Å². The van der Waals surface area contributed by atoms with Crippen LogP contribution in [-0.4, -0.2) is 30.0 Å². The zero-order chi connectivity index (χ0) is 19.2. The third-order valence-corrected chi connectivity index (χ3v) is 4.50. The summed E-state index contributed by atoms with van der Waals surface area (Å²) in [5.74, 6) is 0.367. The van der Waals surface area contributed by atoms with E-state index in [4.69, 9.17) is 5.73 Å². The molecule has 2 aromatic rings. The minimum absolute atomic E-state index is 0.0378. The number of guanidine groups is 1. The molecule has 0 unspecified atom stereocenters. The molecule has 0 atom stereocenters. The zero-order valence-corrected chi connectivity index (χ0v) is 16.0. The predicted molar refractivity (Wildman–Crippen MR) is 111 cm³/mol. The number of nitrogens with two attached hydrogens (primary N) is 1. The lowest BCUT2D eigenvalue weighted by Gasteiger charge is -2.16. The van der Waals surface area contributed by atoms with Crippen molar-refractivity contribution in [2.45, 2.75) is 33.2 Å². The summed E-state index contributed by atoms with van der Waals surface area (Å²) in [5.41, 5.74) is 11.1. The van der Waals surface area contributed by atoms with Gasteiger partial charge in [-0.05, 0) is 67.6 Å². The van der Waals surface area contributed by atoms with Gasteiger partial charge < -0.3 is 21.3 Å². The monoisotopic (exact) mass is 365 g/mol. The molecule has 0 saturated carbocycles. The minimum Gasteiger partial charge on any atom is -0.370 e. The standard InChI is InChI=1S/C21H27N5O/c1-15-10-16(2)12-19(11-15)24-20(22)23-14-17-6-5-7-18(13-17)25-21(27)26-8-3-4-9-26/h5-7,10-13H,3-4,8-9,14H2,1-2H3,(H,25,27)(H3,22,23,24). The molecular weight excluding hydrogens is 338 g/mol. The summed E-state index contributed by atoms with van der Waals surface area (Å²) >= 11 is 0. The maximum absolute atomic E-state index is 12.2. The normalized spacial score (nSPS) is 14.3. The maximum Gasteiger partial charge on any atom is 0.321 e. The maximum atomic E-state index is 12.2. The number of nitrogens with zero attached hydrogens (tertiary/aromatic N) is 2. The Hall–Kier alpha value is -3.02. The average Bonchev–Trinajstić information content (AvgIpc) is 3.14. The highest BCUT2D eigenvalue weighted by molar-refractivity contribution is 5.92. The summed E-state index contributed by atoms with van der Waals surface area (Å²) in [5, 5.41) is 6.08. The summed E-state index contributed by atoms with van der Waals surface area (Å²) in [7, 11) is 0. The van der Waals surface area contributed by atoms with Crippen molar-refractivity contribution in [2.24, 2.45) is 10.7 Å². The van der Waals surface area contributed by atoms with Crippen LogP contribution in [0.1, 0.15) is 29.5 Å². The summed E-state index contributed by atoms with van der Waals surface area (Å²) < 4.78 is 0. The molecule has 0 aliphatic carbocycles. The number of urea groups is 1. The summed E-state index contributed by atoms with van der Waals surface area (Å²) in [6.45, 7) is 6.20. The van der Waals surface area contributed by atoms with Gasteiger partial charge in [0.2, 0.25) is 0 Å². The van der Waals surface area contributed by atoms with E-state index in [1.807, 2.05) is 55.1 Å². The number of aryl methyl sites for hydroxylation is 2. The Morgan fingerprint density at radius 1 is 1.04 bits per heavy atom. The van der Waals surface area contributed by atoms with Crippen LogP contribution in [0.5, 0.6) is 0 Å². The van der Waals surface area contributed by atoms with Crippen LogP contribution in [0.3, 0.4) is 0 Å². The van der Waals surface area contributed by atoms with Gasteiger partial charge in [0.05, 0.1) is 6.54 Å². The molecule has 0 aromatic heterocycles. The van der Waals surface area contributed by atoms with Gasteiger partial charge in [0, 0.05) is 24.5 Å². The van der Waals surface area contributed by atoms with Crippen molar-refractivity contribution < 1.29 is 4.79 Å². The van der Waals surface area contributed by atoms with Crippen molar-refractivity contribution in [2.75, 3.05) is 23.7 Å². The Bertz CT molecular complexity index is 820. The van der Waals surface area contributed by atoms with E-state index in [0.29, 0.717) is 12.5 Å². The van der Waals surface area contributed by atoms with Gasteiger partial charge in [-0.2, -0.15) is 0 Å². The van der Waals surface area contributed by atoms with E-state index in [-0.39, 0.29) is 6.03 Å². The fourth-order valence-corrected chi connectivity index (χ4v) is 3.28. The second-order valence-corrected chi connectivity index (χ2v) is 7.03. The first-order valence-electron chi connectivity index (χ1n) is 9.30. The molecule has 1 aliphatic heterocycles. The van der Waals surface area contributed by atoms with Crippen LogP contribution in [0.15, 0.2) is 47.5 Å². The number of amides is 2. The number of carbonyl (C=O) groups excluding carboxylic acids is 1. The second kappa shape index (κ2) is 8.58. The van der Waals surface area contributed by atoms with Crippen LogP contribution in [-0.2, 0) is 6.54 Å². The number of nitrogens with one attached hydrogen (secondary N) is 2. The van der Waals surface area contributed by atoms with E-state index in [0.717, 1.165) is 42.9 Å². The number of anilines is 2. The van der Waals surface area contributed by atoms with E-state index >= 15 is 0 Å². The fourth-order valence-electron chi connectivity index (χ4n) is 3.28. The van der Waals surface area contributed by atoms with Crippen LogP contribution in [0, 0.1) is 13.8 Å². The lowest BCUT2D eigenvalue weighted by atomic mass is 10.1. The number of hydrogen-bond acceptors (Lipinski definition) is 2. The molecule has 3 rings (SSSR count). The molecule has 2 aromatic carbocycles. The highest BCUT2D eigenvalue weighted by Crippen LogP contribution is 2.16. The number of aliphatic imine (C=N–C) groups is 1. The molecule has 1 aliphatic rings. The molecule has 27 heavy (non-hydrogen) atoms. The largest absolute Gasteiger partial charge is 0.370 e. The number of hydrogen-bond donors (Lipinski definition) is 3. The van der Waals surface area contributed by atoms with Crippen LogP contribution >= 0.6 is 0 Å². The molecule has 4 N–H and O–H groups in total. The van der Waals surface area contributed by atoms with Crippen LogP contribution in [0.4, 0.5) is 16.2 Å². The van der Waals surface area contributed by atoms with Crippen molar-refractivity contribution in [3.05, 3.63) is 59.2 Å². The summed E-state index contributed by atoms with van der Waals surface area (Å²) in [6, 6.07) is 13.8. The minimum atomic E-state index is -0.0378. The third kappa shape index (κ3) is 5.48. The van der Waals surface area contributed by atoms with Gasteiger partial charge in [-0.25, -0.2) is 9.79 Å². The molecule has 0 bridgehead atoms. The molecule has 0 spiro atoms. The smallest absolute Gasteiger partial charge is 0.321 e. The van der Waals surface area contributed by atoms with Gasteiger partial charge >= 0.3 is 6.03 Å². The average molecular weight is 365 g/mol. The van der Waals surface area contributed by atoms with Gasteiger partial charge in [0.1, 0.15) is 0 Å². The Balaban J connectivity index is 1.59. The molecule has 6 heteroatoms. The zero-order valence-electron chi connectivity index (χ0n) is 16.0. The van der Waals surface area contributed by atoms with E-state index in [1.54, 1.807) is 0 Å². The van der Waals surface area contributed by atoms with Crippen LogP contribution < -0.4 is 16.4 Å². The fraction of sp³-hybridized carbons (Fsp3) is 0.333. The summed E-state index contributed by atoms with van der Waals surface area (Å²) in [6.07, 6.45) is 2.16. The van der Waals surface area contributed by atoms with E-state index in [2.05, 4.69) is 21.7 Å². The van der Waals surface area contributed by atoms with Crippen molar-refractivity contribution in [1.29, 1.82) is 0 Å². The van der Waals surface area contributed by atoms with Crippen LogP contribution in [0.2, 0.25) is 0 Å². The Morgan fingerprint density at radius 2 is 1.74 bits per heavy atom. The topological polar surface area (TPSA) is 82.7 Å². The predicted octanol–water partition coefficient (Wildman–Crippen LogP) is 3.86. The van der Waals surface area contributed by atoms with Crippen molar-refractivity contribution >= 4 is 23.4 Å². The SMILES string of the molecule is Cc1cc(C)cc(NC(N)=NCc2cccc(NC(=O)N3CCCC3)c2)c1. The Labute approximate surface area is 160 Å². The van der Waals surface area contributed by atoms with E-state index in [1.165, 1.54) is 11.1 Å². The van der Waals surface area contributed by atoms with Crippen molar-refractivity contribution in [3.8, 4) is 0 Å². The molecule has 0 radical (unpaired) electrons. The molecule has 6 nitrogen and oxygen atoms in total. The van der Waals surface area contributed by atoms with E-state index < -0.39 is 0 Å². The molecular formula is C21H27N5O. The first kappa shape index (κ1) is 18.8. The molecule has 1 fully saturated rings. The molecule has 1 saturated heterocycles. The lowest BCUT2D eigenvalue weighted by Crippen LogP contribution is -2.32. The number of benzene rings is 2. The molecule has 1 heterocycles. The molecule has 142 valence electrons. The highest BCUT2D eigenvalue weighted by atomic mass is 16.2. The van der Waals surface area contributed by atoms with Gasteiger partial charge in [-0.15, -0.1) is 0 Å². The van der Waals surface area contributed by atoms with Gasteiger partial charge in [0.15, 0.2) is 5.96 Å². The second-order valence-electron chi connectivity index (χ2n) is 7.03. The number of rotatable bonds is 4. The first-order chi connectivity index (χ1) is 13.0. The quantitative estimate of drug-likeness (QED) is 0.568. The van der Waals surface area contributed by atoms with Crippen molar-refractivity contribution in [1.82, 2.24) is 4.90 Å². The molecule has 2 amide bonds.